The van der Waals surface area contributed by atoms with Crippen LogP contribution in [0.15, 0.2) is 0 Å². The summed E-state index contributed by atoms with van der Waals surface area (Å²) in [4.78, 5) is 30.8. The van der Waals surface area contributed by atoms with Crippen LogP contribution in [0.25, 0.3) is 0 Å². The maximum Gasteiger partial charge on any atom is 0.437 e. The monoisotopic (exact) mass is 395 g/mol. The van der Waals surface area contributed by atoms with Gasteiger partial charge in [0.25, 0.3) is 0 Å². The Kier molecular flexibility index (Phi) is 4.70. The van der Waals surface area contributed by atoms with Crippen molar-refractivity contribution >= 4 is 11.9 Å². The van der Waals surface area contributed by atoms with Gasteiger partial charge in [0.15, 0.2) is 0 Å². The van der Waals surface area contributed by atoms with Gasteiger partial charge in [0.05, 0.1) is 12.1 Å². The van der Waals surface area contributed by atoms with E-state index in [4.69, 9.17) is 0 Å². The van der Waals surface area contributed by atoms with Gasteiger partial charge in [0.2, 0.25) is 0 Å². The Bertz CT molecular complexity index is 235. The van der Waals surface area contributed by atoms with E-state index in [0.717, 1.165) is 25.7 Å². The summed E-state index contributed by atoms with van der Waals surface area (Å²) in [5, 5.41) is 0. The number of hydrogen-bond acceptors (Lipinski definition) is 6. The third-order valence-corrected chi connectivity index (χ3v) is 2.54. The third-order valence-electron chi connectivity index (χ3n) is 2.54. The number of fused-ring (bicyclic) bond motifs is 1. The van der Waals surface area contributed by atoms with Gasteiger partial charge >= 0.3 is 11.9 Å². The van der Waals surface area contributed by atoms with Gasteiger partial charge in [-0.2, -0.15) is 0 Å². The van der Waals surface area contributed by atoms with Gasteiger partial charge in [-0.25, -0.2) is 9.59 Å². The molecule has 7 heteroatoms. The Balaban J connectivity index is 0.00000112. The minimum absolute atomic E-state index is 0. The fourth-order valence-corrected chi connectivity index (χ4v) is 1.75. The van der Waals surface area contributed by atoms with Gasteiger partial charge in [0, 0.05) is 21.1 Å². The molecule has 2 fully saturated rings. The van der Waals surface area contributed by atoms with E-state index in [-0.39, 0.29) is 33.1 Å². The summed E-state index contributed by atoms with van der Waals surface area (Å²) in [6, 6.07) is 0.0570. The quantitative estimate of drug-likeness (QED) is 0.534. The van der Waals surface area contributed by atoms with Crippen molar-refractivity contribution in [3.05, 3.63) is 0 Å². The molecule has 0 bridgehead atoms. The summed E-state index contributed by atoms with van der Waals surface area (Å²) in [6.07, 6.45) is 3.98. The summed E-state index contributed by atoms with van der Waals surface area (Å²) in [6.45, 7) is 0. The standard InChI is InChI=1S/C8H12N2O4.Pt/c11-7-8(12)14-10-6-4-2-1-3-5(6)9-13-7;/h5-6,9-10H,1-4H2;/t5-,6-;/m0./s1. The normalized spacial score (nSPS) is 31.2. The summed E-state index contributed by atoms with van der Waals surface area (Å²) in [5.41, 5.74) is 5.18. The molecular formula is C8H12N2O4Pt. The van der Waals surface area contributed by atoms with Crippen molar-refractivity contribution in [2.24, 2.45) is 0 Å². The summed E-state index contributed by atoms with van der Waals surface area (Å²) < 4.78 is 0. The summed E-state index contributed by atoms with van der Waals surface area (Å²) in [5.74, 6) is -2.02. The maximum absolute atomic E-state index is 10.8. The Labute approximate surface area is 101 Å². The Morgan fingerprint density at radius 1 is 0.933 bits per heavy atom. The molecule has 15 heavy (non-hydrogen) atoms. The SMILES string of the molecule is O=C1ON[C@H]2CCCC[C@@H]2NOC1=O.[Pt]. The third kappa shape index (κ3) is 3.00. The van der Waals surface area contributed by atoms with E-state index in [1.807, 2.05) is 0 Å². The van der Waals surface area contributed by atoms with Gasteiger partial charge < -0.3 is 9.68 Å². The number of nitrogens with one attached hydrogen (secondary N) is 2. The smallest absolute Gasteiger partial charge is 0.361 e. The van der Waals surface area contributed by atoms with Crippen molar-refractivity contribution in [2.45, 2.75) is 37.8 Å². The topological polar surface area (TPSA) is 76.7 Å². The Morgan fingerprint density at radius 3 is 1.73 bits per heavy atom. The maximum atomic E-state index is 10.8. The van der Waals surface area contributed by atoms with Gasteiger partial charge in [0.1, 0.15) is 0 Å². The number of carbonyl (C=O) groups is 2. The van der Waals surface area contributed by atoms with Crippen LogP contribution >= 0.6 is 0 Å². The molecule has 1 saturated carbocycles. The molecule has 6 nitrogen and oxygen atoms in total. The van der Waals surface area contributed by atoms with Crippen LogP contribution in [0.5, 0.6) is 0 Å². The average molecular weight is 395 g/mol. The molecule has 2 rings (SSSR count). The number of hydroxylamine groups is 2. The van der Waals surface area contributed by atoms with Crippen LogP contribution in [0.3, 0.4) is 0 Å². The fraction of sp³-hybridized carbons (Fsp3) is 0.750. The van der Waals surface area contributed by atoms with Gasteiger partial charge in [-0.05, 0) is 12.8 Å². The van der Waals surface area contributed by atoms with Crippen LogP contribution < -0.4 is 11.0 Å². The second-order valence-corrected chi connectivity index (χ2v) is 3.51. The number of carbonyl (C=O) groups excluding carboxylic acids is 2. The van der Waals surface area contributed by atoms with Crippen molar-refractivity contribution in [1.29, 1.82) is 0 Å². The molecule has 2 atom stereocenters. The zero-order chi connectivity index (χ0) is 9.97. The van der Waals surface area contributed by atoms with Crippen LogP contribution in [-0.2, 0) is 40.3 Å². The molecule has 0 aromatic carbocycles. The second kappa shape index (κ2) is 5.58. The molecule has 1 saturated heterocycles. The predicted octanol–water partition coefficient (Wildman–Crippen LogP) is -0.596. The molecule has 1 aliphatic carbocycles. The molecule has 1 aliphatic heterocycles. The summed E-state index contributed by atoms with van der Waals surface area (Å²) in [7, 11) is 0. The zero-order valence-corrected chi connectivity index (χ0v) is 10.2. The van der Waals surface area contributed by atoms with E-state index in [0.29, 0.717) is 0 Å². The van der Waals surface area contributed by atoms with E-state index < -0.39 is 11.9 Å². The van der Waals surface area contributed by atoms with Crippen LogP contribution in [0.1, 0.15) is 25.7 Å². The van der Waals surface area contributed by atoms with E-state index >= 15 is 0 Å². The molecular weight excluding hydrogens is 383 g/mol. The minimum Gasteiger partial charge on any atom is -0.361 e. The molecule has 0 aromatic rings. The Morgan fingerprint density at radius 2 is 1.33 bits per heavy atom. The molecule has 1 heterocycles. The van der Waals surface area contributed by atoms with Crippen molar-refractivity contribution in [1.82, 2.24) is 11.0 Å². The average Bonchev–Trinajstić information content (AvgIpc) is 2.21. The van der Waals surface area contributed by atoms with E-state index in [9.17, 15) is 9.59 Å². The van der Waals surface area contributed by atoms with Crippen molar-refractivity contribution in [3.63, 3.8) is 0 Å². The van der Waals surface area contributed by atoms with Crippen molar-refractivity contribution < 1.29 is 40.3 Å². The number of hydrogen-bond donors (Lipinski definition) is 2. The molecule has 0 radical (unpaired) electrons. The minimum atomic E-state index is -1.01. The van der Waals surface area contributed by atoms with Gasteiger partial charge in [-0.15, -0.1) is 11.0 Å². The number of rotatable bonds is 0. The Hall–Kier alpha value is -0.452. The zero-order valence-electron chi connectivity index (χ0n) is 7.93. The molecule has 0 amide bonds. The van der Waals surface area contributed by atoms with Crippen molar-refractivity contribution in [3.8, 4) is 0 Å². The first-order valence-corrected chi connectivity index (χ1v) is 4.70. The molecule has 0 aromatic heterocycles. The van der Waals surface area contributed by atoms with Crippen LogP contribution in [0.4, 0.5) is 0 Å². The van der Waals surface area contributed by atoms with Crippen LogP contribution in [-0.4, -0.2) is 24.0 Å². The molecule has 0 unspecified atom stereocenters. The molecule has 0 spiro atoms. The summed E-state index contributed by atoms with van der Waals surface area (Å²) >= 11 is 0. The van der Waals surface area contributed by atoms with Crippen LogP contribution in [0.2, 0.25) is 0 Å². The predicted molar refractivity (Wildman–Crippen MR) is 44.5 cm³/mol. The first kappa shape index (κ1) is 12.6. The van der Waals surface area contributed by atoms with Gasteiger partial charge in [-0.1, -0.05) is 12.8 Å². The van der Waals surface area contributed by atoms with Gasteiger partial charge in [-0.3, -0.25) is 0 Å². The van der Waals surface area contributed by atoms with E-state index in [2.05, 4.69) is 20.6 Å². The first-order valence-electron chi connectivity index (χ1n) is 4.70. The van der Waals surface area contributed by atoms with Crippen molar-refractivity contribution in [2.75, 3.05) is 0 Å². The van der Waals surface area contributed by atoms with E-state index in [1.54, 1.807) is 0 Å². The van der Waals surface area contributed by atoms with Crippen LogP contribution in [0, 0.1) is 0 Å². The largest absolute Gasteiger partial charge is 0.437 e. The first-order chi connectivity index (χ1) is 6.77. The fourth-order valence-electron chi connectivity index (χ4n) is 1.75. The molecule has 2 N–H and O–H groups in total. The van der Waals surface area contributed by atoms with E-state index in [1.165, 1.54) is 0 Å². The molecule has 2 aliphatic rings. The molecule has 88 valence electrons. The second-order valence-electron chi connectivity index (χ2n) is 3.51.